The lowest BCUT2D eigenvalue weighted by atomic mass is 10.3. The molecule has 0 bridgehead atoms. The predicted molar refractivity (Wildman–Crippen MR) is 115 cm³/mol. The van der Waals surface area contributed by atoms with Crippen molar-refractivity contribution in [3.8, 4) is 23.0 Å². The Bertz CT molecular complexity index is 806. The van der Waals surface area contributed by atoms with Crippen LogP contribution in [0.5, 0.6) is 23.0 Å². The summed E-state index contributed by atoms with van der Waals surface area (Å²) in [6, 6.07) is 5.84. The van der Waals surface area contributed by atoms with Gasteiger partial charge in [0.25, 0.3) is 0 Å². The third-order valence-electron chi connectivity index (χ3n) is 3.22. The van der Waals surface area contributed by atoms with E-state index in [-0.39, 0.29) is 40.1 Å². The van der Waals surface area contributed by atoms with Crippen LogP contribution in [-0.4, -0.2) is 24.9 Å². The van der Waals surface area contributed by atoms with E-state index in [1.807, 2.05) is 0 Å². The summed E-state index contributed by atoms with van der Waals surface area (Å²) in [7, 11) is 0. The van der Waals surface area contributed by atoms with Gasteiger partial charge in [-0.1, -0.05) is 69.6 Å². The highest BCUT2D eigenvalue weighted by atomic mass is 35.5. The van der Waals surface area contributed by atoms with Crippen LogP contribution in [-0.2, 0) is 0 Å². The SMILES string of the molecule is Oc1cc(Cl)c(OCCCOc2c(Cl)cc(OCC=C(Cl)Cl)cc2Cl)c(Cl)c1. The zero-order valence-corrected chi connectivity index (χ0v) is 18.7. The minimum atomic E-state index is -0.0378. The van der Waals surface area contributed by atoms with Crippen molar-refractivity contribution in [3.05, 3.63) is 54.9 Å². The van der Waals surface area contributed by atoms with E-state index in [2.05, 4.69) is 0 Å². The maximum Gasteiger partial charge on any atom is 0.156 e. The Morgan fingerprint density at radius 1 is 0.786 bits per heavy atom. The molecular weight excluding hydrogens is 493 g/mol. The molecule has 2 aromatic rings. The summed E-state index contributed by atoms with van der Waals surface area (Å²) in [6.45, 7) is 0.749. The molecule has 28 heavy (non-hydrogen) atoms. The van der Waals surface area contributed by atoms with E-state index in [9.17, 15) is 5.11 Å². The summed E-state index contributed by atoms with van der Waals surface area (Å²) in [5.74, 6) is 1.05. The van der Waals surface area contributed by atoms with Gasteiger partial charge in [-0.15, -0.1) is 0 Å². The highest BCUT2D eigenvalue weighted by Gasteiger charge is 2.12. The Labute approximate surface area is 192 Å². The highest BCUT2D eigenvalue weighted by Crippen LogP contribution is 2.38. The highest BCUT2D eigenvalue weighted by molar-refractivity contribution is 6.55. The second-order valence-electron chi connectivity index (χ2n) is 5.31. The van der Waals surface area contributed by atoms with E-state index in [4.69, 9.17) is 83.8 Å². The van der Waals surface area contributed by atoms with Crippen LogP contribution in [0, 0.1) is 0 Å². The quantitative estimate of drug-likeness (QED) is 0.357. The number of rotatable bonds is 9. The summed E-state index contributed by atoms with van der Waals surface area (Å²) < 4.78 is 16.7. The molecule has 0 atom stereocenters. The Balaban J connectivity index is 1.85. The minimum Gasteiger partial charge on any atom is -0.508 e. The van der Waals surface area contributed by atoms with Crippen LogP contribution >= 0.6 is 69.6 Å². The van der Waals surface area contributed by atoms with Crippen LogP contribution in [0.15, 0.2) is 34.8 Å². The monoisotopic (exact) mass is 504 g/mol. The number of aromatic hydroxyl groups is 1. The maximum absolute atomic E-state index is 9.40. The first-order valence-electron chi connectivity index (χ1n) is 7.84. The van der Waals surface area contributed by atoms with Crippen molar-refractivity contribution in [2.24, 2.45) is 0 Å². The van der Waals surface area contributed by atoms with Crippen LogP contribution < -0.4 is 14.2 Å². The zero-order valence-electron chi connectivity index (χ0n) is 14.2. The van der Waals surface area contributed by atoms with Gasteiger partial charge in [0.2, 0.25) is 0 Å². The molecule has 4 nitrogen and oxygen atoms in total. The Hall–Kier alpha value is -0.880. The van der Waals surface area contributed by atoms with Crippen molar-refractivity contribution in [1.82, 2.24) is 0 Å². The first kappa shape index (κ1) is 23.4. The second kappa shape index (κ2) is 11.3. The number of hydrogen-bond acceptors (Lipinski definition) is 4. The molecule has 2 rings (SSSR count). The van der Waals surface area contributed by atoms with Gasteiger partial charge in [-0.25, -0.2) is 0 Å². The number of halogens is 6. The summed E-state index contributed by atoms with van der Waals surface area (Å²) in [4.78, 5) is 0. The fourth-order valence-corrected chi connectivity index (χ4v) is 3.34. The van der Waals surface area contributed by atoms with Crippen LogP contribution in [0.4, 0.5) is 0 Å². The first-order chi connectivity index (χ1) is 13.3. The molecule has 0 aliphatic heterocycles. The van der Waals surface area contributed by atoms with Gasteiger partial charge in [-0.3, -0.25) is 0 Å². The Morgan fingerprint density at radius 2 is 1.25 bits per heavy atom. The predicted octanol–water partition coefficient (Wildman–Crippen LogP) is 7.55. The van der Waals surface area contributed by atoms with Gasteiger partial charge in [0.05, 0.1) is 33.3 Å². The molecule has 0 spiro atoms. The topological polar surface area (TPSA) is 47.9 Å². The van der Waals surface area contributed by atoms with Crippen molar-refractivity contribution in [2.75, 3.05) is 19.8 Å². The third kappa shape index (κ3) is 7.18. The van der Waals surface area contributed by atoms with Gasteiger partial charge in [-0.2, -0.15) is 0 Å². The third-order valence-corrected chi connectivity index (χ3v) is 4.66. The van der Waals surface area contributed by atoms with E-state index < -0.39 is 0 Å². The molecule has 1 N–H and O–H groups in total. The molecule has 152 valence electrons. The van der Waals surface area contributed by atoms with Crippen LogP contribution in [0.2, 0.25) is 20.1 Å². The molecule has 0 aliphatic carbocycles. The largest absolute Gasteiger partial charge is 0.508 e. The van der Waals surface area contributed by atoms with E-state index in [1.165, 1.54) is 18.2 Å². The van der Waals surface area contributed by atoms with Gasteiger partial charge in [-0.05, 0) is 6.08 Å². The van der Waals surface area contributed by atoms with E-state index in [0.29, 0.717) is 33.7 Å². The van der Waals surface area contributed by atoms with E-state index in [1.54, 1.807) is 12.1 Å². The van der Waals surface area contributed by atoms with Crippen molar-refractivity contribution < 1.29 is 19.3 Å². The molecule has 0 aliphatic rings. The average Bonchev–Trinajstić information content (AvgIpc) is 2.58. The maximum atomic E-state index is 9.40. The minimum absolute atomic E-state index is 0.0378. The number of ether oxygens (including phenoxy) is 3. The number of hydrogen-bond donors (Lipinski definition) is 1. The number of phenols is 1. The van der Waals surface area contributed by atoms with Gasteiger partial charge in [0, 0.05) is 30.7 Å². The standard InChI is InChI=1S/C18H14Cl6O4/c19-12-6-10(25)7-13(20)17(12)27-3-1-4-28-18-14(21)8-11(9-15(18)22)26-5-2-16(23)24/h2,6-9,25H,1,3-5H2. The normalized spacial score (nSPS) is 10.5. The van der Waals surface area contributed by atoms with Gasteiger partial charge in [0.1, 0.15) is 22.6 Å². The summed E-state index contributed by atoms with van der Waals surface area (Å²) in [5, 5.41) is 10.4. The molecule has 2 aromatic carbocycles. The molecular formula is C18H14Cl6O4. The molecule has 0 fully saturated rings. The number of phenolic OH excluding ortho intramolecular Hbond substituents is 1. The smallest absolute Gasteiger partial charge is 0.156 e. The van der Waals surface area contributed by atoms with Crippen molar-refractivity contribution in [1.29, 1.82) is 0 Å². The van der Waals surface area contributed by atoms with E-state index in [0.717, 1.165) is 0 Å². The zero-order chi connectivity index (χ0) is 20.7. The van der Waals surface area contributed by atoms with Gasteiger partial charge >= 0.3 is 0 Å². The van der Waals surface area contributed by atoms with Crippen molar-refractivity contribution in [2.45, 2.75) is 6.42 Å². The molecule has 0 radical (unpaired) electrons. The molecule has 0 heterocycles. The summed E-state index contributed by atoms with van der Waals surface area (Å²) in [5.41, 5.74) is 0. The van der Waals surface area contributed by atoms with Gasteiger partial charge < -0.3 is 19.3 Å². The fraction of sp³-hybridized carbons (Fsp3) is 0.222. The Morgan fingerprint density at radius 3 is 1.71 bits per heavy atom. The molecule has 0 saturated carbocycles. The van der Waals surface area contributed by atoms with Gasteiger partial charge in [0.15, 0.2) is 11.5 Å². The lowest BCUT2D eigenvalue weighted by molar-refractivity contribution is 0.247. The number of benzene rings is 2. The average molecular weight is 507 g/mol. The van der Waals surface area contributed by atoms with Crippen molar-refractivity contribution in [3.63, 3.8) is 0 Å². The summed E-state index contributed by atoms with van der Waals surface area (Å²) in [6.07, 6.45) is 2.00. The lowest BCUT2D eigenvalue weighted by Crippen LogP contribution is -2.06. The lowest BCUT2D eigenvalue weighted by Gasteiger charge is -2.13. The van der Waals surface area contributed by atoms with Crippen LogP contribution in [0.1, 0.15) is 6.42 Å². The van der Waals surface area contributed by atoms with Crippen molar-refractivity contribution >= 4 is 69.6 Å². The summed E-state index contributed by atoms with van der Waals surface area (Å²) >= 11 is 35.4. The Kier molecular flexibility index (Phi) is 9.48. The molecule has 0 aromatic heterocycles. The molecule has 10 heteroatoms. The molecule has 0 unspecified atom stereocenters. The van der Waals surface area contributed by atoms with Crippen LogP contribution in [0.25, 0.3) is 0 Å². The molecule has 0 amide bonds. The van der Waals surface area contributed by atoms with Crippen LogP contribution in [0.3, 0.4) is 0 Å². The fourth-order valence-electron chi connectivity index (χ4n) is 2.05. The molecule has 0 saturated heterocycles. The first-order valence-corrected chi connectivity index (χ1v) is 10.1. The second-order valence-corrected chi connectivity index (χ2v) is 7.95. The van der Waals surface area contributed by atoms with E-state index >= 15 is 0 Å².